The molecular formula is C8H13NO2. The zero-order valence-electron chi connectivity index (χ0n) is 6.75. The first-order valence-corrected chi connectivity index (χ1v) is 4.17. The van der Waals surface area contributed by atoms with Crippen LogP contribution in [0.3, 0.4) is 0 Å². The summed E-state index contributed by atoms with van der Waals surface area (Å²) in [4.78, 5) is 5.11. The quantitative estimate of drug-likeness (QED) is 0.575. The van der Waals surface area contributed by atoms with E-state index in [9.17, 15) is 0 Å². The molecule has 3 heteroatoms. The summed E-state index contributed by atoms with van der Waals surface area (Å²) in [5.74, 6) is 0.453. The van der Waals surface area contributed by atoms with Crippen LogP contribution in [0.4, 0.5) is 0 Å². The zero-order chi connectivity index (χ0) is 7.68. The van der Waals surface area contributed by atoms with E-state index >= 15 is 0 Å². The number of methoxy groups -OCH3 is 1. The van der Waals surface area contributed by atoms with Crippen molar-refractivity contribution in [1.82, 2.24) is 0 Å². The van der Waals surface area contributed by atoms with Crippen molar-refractivity contribution in [1.29, 1.82) is 0 Å². The van der Waals surface area contributed by atoms with E-state index in [1.165, 1.54) is 25.0 Å². The van der Waals surface area contributed by atoms with Crippen LogP contribution in [0.2, 0.25) is 0 Å². The van der Waals surface area contributed by atoms with Gasteiger partial charge in [-0.25, -0.2) is 0 Å². The van der Waals surface area contributed by atoms with E-state index in [2.05, 4.69) is 5.16 Å². The van der Waals surface area contributed by atoms with Gasteiger partial charge < -0.3 is 9.57 Å². The Bertz CT molecular complexity index is 179. The van der Waals surface area contributed by atoms with Gasteiger partial charge in [0.05, 0.1) is 11.6 Å². The van der Waals surface area contributed by atoms with Gasteiger partial charge in [-0.2, -0.15) is 0 Å². The molecule has 0 radical (unpaired) electrons. The Hall–Kier alpha value is -0.570. The molecule has 2 unspecified atom stereocenters. The van der Waals surface area contributed by atoms with Crippen molar-refractivity contribution < 1.29 is 9.57 Å². The van der Waals surface area contributed by atoms with Crippen molar-refractivity contribution in [2.45, 2.75) is 32.0 Å². The number of rotatable bonds is 1. The third kappa shape index (κ3) is 1.13. The molecule has 62 valence electrons. The van der Waals surface area contributed by atoms with E-state index in [1.54, 1.807) is 7.11 Å². The van der Waals surface area contributed by atoms with E-state index in [4.69, 9.17) is 9.57 Å². The van der Waals surface area contributed by atoms with Gasteiger partial charge in [0.2, 0.25) is 6.29 Å². The van der Waals surface area contributed by atoms with Gasteiger partial charge in [0, 0.05) is 7.11 Å². The Morgan fingerprint density at radius 3 is 3.27 bits per heavy atom. The Morgan fingerprint density at radius 2 is 2.45 bits per heavy atom. The summed E-state index contributed by atoms with van der Waals surface area (Å²) in [6.45, 7) is 0. The second-order valence-electron chi connectivity index (χ2n) is 3.14. The van der Waals surface area contributed by atoms with Crippen LogP contribution in [0.5, 0.6) is 0 Å². The first kappa shape index (κ1) is 7.10. The van der Waals surface area contributed by atoms with Crippen LogP contribution in [-0.2, 0) is 9.57 Å². The van der Waals surface area contributed by atoms with Crippen molar-refractivity contribution in [2.75, 3.05) is 7.11 Å². The SMILES string of the molecule is COC1ON=C2CCCCC21. The van der Waals surface area contributed by atoms with Crippen LogP contribution in [0.15, 0.2) is 5.16 Å². The van der Waals surface area contributed by atoms with Crippen LogP contribution < -0.4 is 0 Å². The maximum absolute atomic E-state index is 5.14. The number of oxime groups is 1. The fourth-order valence-corrected chi connectivity index (χ4v) is 1.83. The Balaban J connectivity index is 2.05. The summed E-state index contributed by atoms with van der Waals surface area (Å²) in [5, 5.41) is 4.00. The van der Waals surface area contributed by atoms with Crippen molar-refractivity contribution in [3.05, 3.63) is 0 Å². The van der Waals surface area contributed by atoms with E-state index < -0.39 is 0 Å². The molecule has 1 fully saturated rings. The van der Waals surface area contributed by atoms with Crippen LogP contribution >= 0.6 is 0 Å². The average molecular weight is 155 g/mol. The maximum Gasteiger partial charge on any atom is 0.234 e. The van der Waals surface area contributed by atoms with Gasteiger partial charge in [-0.1, -0.05) is 11.6 Å². The van der Waals surface area contributed by atoms with Crippen LogP contribution in [-0.4, -0.2) is 19.1 Å². The smallest absolute Gasteiger partial charge is 0.234 e. The standard InChI is InChI=1S/C8H13NO2/c1-10-8-6-4-2-3-5-7(6)9-11-8/h6,8H,2-5H2,1H3. The lowest BCUT2D eigenvalue weighted by Gasteiger charge is -2.20. The van der Waals surface area contributed by atoms with E-state index in [0.29, 0.717) is 5.92 Å². The molecule has 1 aliphatic carbocycles. The van der Waals surface area contributed by atoms with Crippen LogP contribution in [0, 0.1) is 5.92 Å². The monoisotopic (exact) mass is 155 g/mol. The van der Waals surface area contributed by atoms with Gasteiger partial charge in [0.25, 0.3) is 0 Å². The van der Waals surface area contributed by atoms with Crippen LogP contribution in [0.25, 0.3) is 0 Å². The third-order valence-corrected chi connectivity index (χ3v) is 2.46. The minimum absolute atomic E-state index is 0.0923. The summed E-state index contributed by atoms with van der Waals surface area (Å²) >= 11 is 0. The minimum Gasteiger partial charge on any atom is -0.363 e. The molecule has 2 rings (SSSR count). The highest BCUT2D eigenvalue weighted by Gasteiger charge is 2.35. The first-order valence-electron chi connectivity index (χ1n) is 4.17. The molecule has 0 aromatic carbocycles. The summed E-state index contributed by atoms with van der Waals surface area (Å²) < 4.78 is 5.14. The topological polar surface area (TPSA) is 30.8 Å². The molecule has 1 saturated carbocycles. The normalized spacial score (nSPS) is 35.9. The molecule has 2 atom stereocenters. The molecule has 0 saturated heterocycles. The molecule has 3 nitrogen and oxygen atoms in total. The molecule has 0 bridgehead atoms. The molecule has 0 N–H and O–H groups in total. The van der Waals surface area contributed by atoms with Crippen molar-refractivity contribution >= 4 is 5.71 Å². The first-order chi connectivity index (χ1) is 5.42. The van der Waals surface area contributed by atoms with Gasteiger partial charge in [-0.3, -0.25) is 0 Å². The number of fused-ring (bicyclic) bond motifs is 1. The lowest BCUT2D eigenvalue weighted by molar-refractivity contribution is -0.126. The fourth-order valence-electron chi connectivity index (χ4n) is 1.83. The summed E-state index contributed by atoms with van der Waals surface area (Å²) in [5.41, 5.74) is 1.21. The van der Waals surface area contributed by atoms with Crippen molar-refractivity contribution in [2.24, 2.45) is 11.1 Å². The molecule has 0 spiro atoms. The van der Waals surface area contributed by atoms with Gasteiger partial charge in [-0.15, -0.1) is 0 Å². The predicted octanol–water partition coefficient (Wildman–Crippen LogP) is 1.54. The molecule has 11 heavy (non-hydrogen) atoms. The van der Waals surface area contributed by atoms with Gasteiger partial charge in [0.15, 0.2) is 0 Å². The second kappa shape index (κ2) is 2.81. The molecule has 0 aromatic heterocycles. The van der Waals surface area contributed by atoms with E-state index in [-0.39, 0.29) is 6.29 Å². The minimum atomic E-state index is -0.0923. The molecule has 1 aliphatic heterocycles. The lowest BCUT2D eigenvalue weighted by Crippen LogP contribution is -2.27. The van der Waals surface area contributed by atoms with Crippen molar-refractivity contribution in [3.8, 4) is 0 Å². The Morgan fingerprint density at radius 1 is 1.55 bits per heavy atom. The van der Waals surface area contributed by atoms with Gasteiger partial charge in [0.1, 0.15) is 0 Å². The largest absolute Gasteiger partial charge is 0.363 e. The molecular weight excluding hydrogens is 142 g/mol. The fraction of sp³-hybridized carbons (Fsp3) is 0.875. The maximum atomic E-state index is 5.14. The Kier molecular flexibility index (Phi) is 1.82. The predicted molar refractivity (Wildman–Crippen MR) is 41.3 cm³/mol. The molecule has 0 amide bonds. The average Bonchev–Trinajstić information content (AvgIpc) is 2.47. The highest BCUT2D eigenvalue weighted by atomic mass is 16.8. The number of hydrogen-bond donors (Lipinski definition) is 0. The molecule has 0 aromatic rings. The lowest BCUT2D eigenvalue weighted by atomic mass is 9.87. The van der Waals surface area contributed by atoms with Crippen molar-refractivity contribution in [3.63, 3.8) is 0 Å². The van der Waals surface area contributed by atoms with Crippen LogP contribution in [0.1, 0.15) is 25.7 Å². The molecule has 1 heterocycles. The van der Waals surface area contributed by atoms with Gasteiger partial charge in [-0.05, 0) is 19.3 Å². The third-order valence-electron chi connectivity index (χ3n) is 2.46. The highest BCUT2D eigenvalue weighted by molar-refractivity contribution is 5.88. The number of ether oxygens (including phenoxy) is 1. The van der Waals surface area contributed by atoms with Gasteiger partial charge >= 0.3 is 0 Å². The van der Waals surface area contributed by atoms with E-state index in [0.717, 1.165) is 6.42 Å². The zero-order valence-corrected chi connectivity index (χ0v) is 6.75. The second-order valence-corrected chi connectivity index (χ2v) is 3.14. The number of hydrogen-bond acceptors (Lipinski definition) is 3. The Labute approximate surface area is 66.4 Å². The highest BCUT2D eigenvalue weighted by Crippen LogP contribution is 2.30. The molecule has 2 aliphatic rings. The number of nitrogens with zero attached hydrogens (tertiary/aromatic N) is 1. The van der Waals surface area contributed by atoms with E-state index in [1.807, 2.05) is 0 Å². The summed E-state index contributed by atoms with van der Waals surface area (Å²) in [7, 11) is 1.68. The summed E-state index contributed by atoms with van der Waals surface area (Å²) in [6, 6.07) is 0. The summed E-state index contributed by atoms with van der Waals surface area (Å²) in [6.07, 6.45) is 4.73.